The number of aryl methyl sites for hydroxylation is 1. The van der Waals surface area contributed by atoms with Crippen LogP contribution in [0.15, 0.2) is 36.5 Å². The minimum atomic E-state index is 1.12. The topological polar surface area (TPSA) is 16.1 Å². The average molecular weight is 551 g/mol. The number of hydrogen-bond donors (Lipinski definition) is 0. The number of unbranched alkanes of at least 4 members (excludes halogenated alkanes) is 9. The lowest BCUT2D eigenvalue weighted by molar-refractivity contribution is 0.556. The zero-order valence-corrected chi connectivity index (χ0v) is 20.5. The van der Waals surface area contributed by atoms with Crippen molar-refractivity contribution in [1.82, 2.24) is 6.96 Å². The Morgan fingerprint density at radius 2 is 1.31 bits per heavy atom. The number of rotatable bonds is 11. The summed E-state index contributed by atoms with van der Waals surface area (Å²) in [6, 6.07) is 10.7. The molecular formula is C21H31Br3N2. The summed E-state index contributed by atoms with van der Waals surface area (Å²) in [5.41, 5.74) is 1.28. The largest absolute Gasteiger partial charge is 0.261 e. The molecule has 0 N–H and O–H groups in total. The second kappa shape index (κ2) is 16.0. The molecule has 0 unspecified atom stereocenters. The number of hydrogen-bond acceptors (Lipinski definition) is 2. The van der Waals surface area contributed by atoms with Crippen molar-refractivity contribution >= 4 is 59.2 Å². The molecule has 0 atom stereocenters. The van der Waals surface area contributed by atoms with Gasteiger partial charge in [0.1, 0.15) is 0 Å². The number of pyridine rings is 1. The van der Waals surface area contributed by atoms with Crippen molar-refractivity contribution in [3.63, 3.8) is 0 Å². The van der Waals surface area contributed by atoms with Gasteiger partial charge in [-0.2, -0.15) is 0 Å². The maximum absolute atomic E-state index is 4.58. The van der Waals surface area contributed by atoms with E-state index in [1.807, 2.05) is 6.20 Å². The molecule has 2 aromatic rings. The minimum Gasteiger partial charge on any atom is -0.261 e. The Labute approximate surface area is 185 Å². The molecule has 146 valence electrons. The molecule has 0 saturated heterocycles. The van der Waals surface area contributed by atoms with E-state index in [-0.39, 0.29) is 0 Å². The molecule has 1 aromatic carbocycles. The van der Waals surface area contributed by atoms with E-state index in [4.69, 9.17) is 0 Å². The molecule has 0 bridgehead atoms. The zero-order chi connectivity index (χ0) is 19.0. The van der Waals surface area contributed by atoms with Gasteiger partial charge in [0.2, 0.25) is 0 Å². The molecular weight excluding hydrogens is 520 g/mol. The molecule has 0 aliphatic heterocycles. The lowest BCUT2D eigenvalue weighted by atomic mass is 10.0. The van der Waals surface area contributed by atoms with Crippen LogP contribution >= 0.6 is 48.4 Å². The monoisotopic (exact) mass is 548 g/mol. The van der Waals surface area contributed by atoms with Crippen LogP contribution in [0, 0.1) is 0 Å². The molecule has 0 amide bonds. The van der Waals surface area contributed by atoms with Gasteiger partial charge >= 0.3 is 0 Å². The summed E-state index contributed by atoms with van der Waals surface area (Å²) in [7, 11) is 0. The van der Waals surface area contributed by atoms with Gasteiger partial charge in [-0.3, -0.25) is 4.98 Å². The average Bonchev–Trinajstić information content (AvgIpc) is 2.63. The Kier molecular flexibility index (Phi) is 14.8. The van der Waals surface area contributed by atoms with Crippen LogP contribution in [0.2, 0.25) is 0 Å². The van der Waals surface area contributed by atoms with Crippen LogP contribution < -0.4 is 0 Å². The Balaban J connectivity index is 0.000000765. The van der Waals surface area contributed by atoms with E-state index >= 15 is 0 Å². The number of halogens is 3. The summed E-state index contributed by atoms with van der Waals surface area (Å²) in [6.45, 7) is 2.28. The highest BCUT2D eigenvalue weighted by Crippen LogP contribution is 2.19. The second-order valence-corrected chi connectivity index (χ2v) is 11.6. The van der Waals surface area contributed by atoms with Crippen molar-refractivity contribution < 1.29 is 0 Å². The van der Waals surface area contributed by atoms with E-state index in [0.29, 0.717) is 0 Å². The number of aromatic nitrogens is 1. The SMILES string of the molecule is BrN(Br)Br.CCCCCCCCCCCCc1nccc2ccccc12. The van der Waals surface area contributed by atoms with Crippen LogP contribution in [-0.2, 0) is 6.42 Å². The van der Waals surface area contributed by atoms with Crippen molar-refractivity contribution in [3.8, 4) is 0 Å². The van der Waals surface area contributed by atoms with Crippen LogP contribution in [0.4, 0.5) is 0 Å². The molecule has 0 saturated carbocycles. The predicted molar refractivity (Wildman–Crippen MR) is 126 cm³/mol. The van der Waals surface area contributed by atoms with Crippen molar-refractivity contribution in [3.05, 3.63) is 42.2 Å². The maximum Gasteiger partial charge on any atom is 0.0481 e. The standard InChI is InChI=1S/C21H31N.Br3N/c1-2-3-4-5-6-7-8-9-10-11-16-21-20-15-13-12-14-19(20)17-18-22-21;1-4(2)3/h12-15,17-18H,2-11,16H2,1H3;. The lowest BCUT2D eigenvalue weighted by Crippen LogP contribution is -1.92. The molecule has 5 heteroatoms. The van der Waals surface area contributed by atoms with Gasteiger partial charge in [-0.25, -0.2) is 0 Å². The predicted octanol–water partition coefficient (Wildman–Crippen LogP) is 8.92. The summed E-state index contributed by atoms with van der Waals surface area (Å²) < 4.78 is 1.44. The second-order valence-electron chi connectivity index (χ2n) is 6.60. The number of fused-ring (bicyclic) bond motifs is 1. The molecule has 0 fully saturated rings. The number of benzene rings is 1. The van der Waals surface area contributed by atoms with Crippen LogP contribution in [-0.4, -0.2) is 6.96 Å². The molecule has 2 rings (SSSR count). The van der Waals surface area contributed by atoms with Gasteiger partial charge in [0, 0.05) is 65.7 Å². The highest BCUT2D eigenvalue weighted by atomic mass is 80.0. The lowest BCUT2D eigenvalue weighted by Gasteiger charge is -2.05. The van der Waals surface area contributed by atoms with Crippen LogP contribution in [0.3, 0.4) is 0 Å². The quantitative estimate of drug-likeness (QED) is 0.205. The molecule has 0 aliphatic carbocycles. The highest BCUT2D eigenvalue weighted by molar-refractivity contribution is 9.33. The Morgan fingerprint density at radius 3 is 1.92 bits per heavy atom. The van der Waals surface area contributed by atoms with Gasteiger partial charge in [0.05, 0.1) is 0 Å². The van der Waals surface area contributed by atoms with Crippen molar-refractivity contribution in [2.45, 2.75) is 77.6 Å². The summed E-state index contributed by atoms with van der Waals surface area (Å²) in [5.74, 6) is 0. The van der Waals surface area contributed by atoms with Crippen LogP contribution in [0.25, 0.3) is 10.8 Å². The van der Waals surface area contributed by atoms with Gasteiger partial charge < -0.3 is 0 Å². The maximum atomic E-state index is 4.58. The molecule has 1 heterocycles. The van der Waals surface area contributed by atoms with Gasteiger partial charge in [-0.1, -0.05) is 89.0 Å². The molecule has 2 nitrogen and oxygen atoms in total. The third kappa shape index (κ3) is 11.7. The van der Waals surface area contributed by atoms with E-state index in [1.54, 1.807) is 0 Å². The zero-order valence-electron chi connectivity index (χ0n) is 15.8. The van der Waals surface area contributed by atoms with Gasteiger partial charge in [-0.05, 0) is 24.3 Å². The fourth-order valence-electron chi connectivity index (χ4n) is 3.16. The first-order chi connectivity index (χ1) is 12.6. The fourth-order valence-corrected chi connectivity index (χ4v) is 3.16. The van der Waals surface area contributed by atoms with E-state index in [1.165, 1.54) is 82.7 Å². The van der Waals surface area contributed by atoms with Crippen molar-refractivity contribution in [2.75, 3.05) is 0 Å². The molecule has 0 spiro atoms. The Hall–Kier alpha value is 0.0300. The van der Waals surface area contributed by atoms with Crippen molar-refractivity contribution in [1.29, 1.82) is 0 Å². The minimum absolute atomic E-state index is 1.12. The van der Waals surface area contributed by atoms with E-state index in [0.717, 1.165) is 6.42 Å². The van der Waals surface area contributed by atoms with Crippen LogP contribution in [0.1, 0.15) is 76.8 Å². The Morgan fingerprint density at radius 1 is 0.769 bits per heavy atom. The summed E-state index contributed by atoms with van der Waals surface area (Å²) in [5, 5.41) is 2.65. The van der Waals surface area contributed by atoms with Gasteiger partial charge in [0.25, 0.3) is 0 Å². The van der Waals surface area contributed by atoms with Gasteiger partial charge in [0.15, 0.2) is 0 Å². The number of nitrogens with zero attached hydrogens (tertiary/aromatic N) is 2. The molecule has 1 aromatic heterocycles. The normalized spacial score (nSPS) is 10.8. The first-order valence-corrected chi connectivity index (χ1v) is 11.9. The highest BCUT2D eigenvalue weighted by Gasteiger charge is 2.01. The Bertz CT molecular complexity index is 582. The van der Waals surface area contributed by atoms with Crippen molar-refractivity contribution in [2.24, 2.45) is 0 Å². The summed E-state index contributed by atoms with van der Waals surface area (Å²) in [4.78, 5) is 4.58. The molecule has 0 radical (unpaired) electrons. The van der Waals surface area contributed by atoms with E-state index in [2.05, 4.69) is 90.7 Å². The molecule has 26 heavy (non-hydrogen) atoms. The van der Waals surface area contributed by atoms with Gasteiger partial charge in [-0.15, -0.1) is 1.98 Å². The third-order valence-electron chi connectivity index (χ3n) is 4.52. The van der Waals surface area contributed by atoms with Crippen LogP contribution in [0.5, 0.6) is 0 Å². The van der Waals surface area contributed by atoms with E-state index in [9.17, 15) is 0 Å². The summed E-state index contributed by atoms with van der Waals surface area (Å²) >= 11 is 8.81. The molecule has 0 aliphatic rings. The third-order valence-corrected chi connectivity index (χ3v) is 4.52. The summed E-state index contributed by atoms with van der Waals surface area (Å²) in [6.07, 6.45) is 17.0. The smallest absolute Gasteiger partial charge is 0.0481 e. The fraction of sp³-hybridized carbons (Fsp3) is 0.571. The van der Waals surface area contributed by atoms with E-state index < -0.39 is 0 Å². The first kappa shape index (κ1) is 24.1. The first-order valence-electron chi connectivity index (χ1n) is 9.75.